The average Bonchev–Trinajstić information content (AvgIpc) is 3.08. The van der Waals surface area contributed by atoms with Crippen LogP contribution in [-0.4, -0.2) is 28.0 Å². The molecular formula is C22H23ClN2O2S. The van der Waals surface area contributed by atoms with Gasteiger partial charge in [-0.05, 0) is 37.6 Å². The van der Waals surface area contributed by atoms with Crippen LogP contribution in [0.2, 0.25) is 5.02 Å². The Morgan fingerprint density at radius 3 is 2.57 bits per heavy atom. The highest BCUT2D eigenvalue weighted by Gasteiger charge is 2.63. The van der Waals surface area contributed by atoms with E-state index in [4.69, 9.17) is 11.6 Å². The van der Waals surface area contributed by atoms with E-state index in [-0.39, 0.29) is 16.6 Å². The van der Waals surface area contributed by atoms with Crippen molar-refractivity contribution in [2.45, 2.75) is 43.4 Å². The van der Waals surface area contributed by atoms with Gasteiger partial charge in [0.15, 0.2) is 4.87 Å². The summed E-state index contributed by atoms with van der Waals surface area (Å²) in [7, 11) is 0. The zero-order valence-corrected chi connectivity index (χ0v) is 17.8. The lowest BCUT2D eigenvalue weighted by atomic mass is 10.0. The highest BCUT2D eigenvalue weighted by atomic mass is 35.5. The van der Waals surface area contributed by atoms with Gasteiger partial charge in [-0.25, -0.2) is 0 Å². The van der Waals surface area contributed by atoms with Gasteiger partial charge in [0.1, 0.15) is 0 Å². The Kier molecular flexibility index (Phi) is 4.71. The van der Waals surface area contributed by atoms with Crippen molar-refractivity contribution >= 4 is 40.9 Å². The van der Waals surface area contributed by atoms with E-state index in [0.29, 0.717) is 24.5 Å². The second-order valence-corrected chi connectivity index (χ2v) is 10.2. The van der Waals surface area contributed by atoms with Gasteiger partial charge in [0, 0.05) is 28.3 Å². The van der Waals surface area contributed by atoms with E-state index in [1.165, 1.54) is 0 Å². The lowest BCUT2D eigenvalue weighted by Gasteiger charge is -2.33. The predicted molar refractivity (Wildman–Crippen MR) is 114 cm³/mol. The van der Waals surface area contributed by atoms with E-state index in [0.717, 1.165) is 16.8 Å². The van der Waals surface area contributed by atoms with Crippen molar-refractivity contribution in [2.75, 3.05) is 11.4 Å². The molecule has 2 aromatic rings. The summed E-state index contributed by atoms with van der Waals surface area (Å²) in [6.07, 6.45) is 0.361. The molecule has 0 aliphatic carbocycles. The molecule has 1 atom stereocenters. The molecule has 1 fully saturated rings. The molecule has 4 nitrogen and oxygen atoms in total. The number of carbonyl (C=O) groups is 2. The van der Waals surface area contributed by atoms with Crippen LogP contribution in [0.4, 0.5) is 5.69 Å². The summed E-state index contributed by atoms with van der Waals surface area (Å²) in [5.74, 6) is -0.0788. The number of rotatable bonds is 3. The number of thioether (sulfide) groups is 1. The van der Waals surface area contributed by atoms with E-state index in [2.05, 4.69) is 13.8 Å². The van der Waals surface area contributed by atoms with Gasteiger partial charge < -0.3 is 9.80 Å². The summed E-state index contributed by atoms with van der Waals surface area (Å²) in [5, 5.41) is 0.571. The molecule has 0 bridgehead atoms. The molecule has 0 saturated carbocycles. The van der Waals surface area contributed by atoms with Crippen LogP contribution in [0.25, 0.3) is 0 Å². The monoisotopic (exact) mass is 414 g/mol. The fourth-order valence-electron chi connectivity index (χ4n) is 4.14. The number of nitrogens with zero attached hydrogens (tertiary/aromatic N) is 2. The van der Waals surface area contributed by atoms with Crippen molar-refractivity contribution in [1.82, 2.24) is 4.90 Å². The smallest absolute Gasteiger partial charge is 0.268 e. The second-order valence-electron chi connectivity index (χ2n) is 7.88. The maximum absolute atomic E-state index is 13.9. The minimum absolute atomic E-state index is 0.0149. The topological polar surface area (TPSA) is 40.6 Å². The third kappa shape index (κ3) is 2.92. The maximum atomic E-state index is 13.9. The summed E-state index contributed by atoms with van der Waals surface area (Å²) < 4.78 is -0.233. The van der Waals surface area contributed by atoms with Gasteiger partial charge in [-0.2, -0.15) is 0 Å². The Morgan fingerprint density at radius 1 is 1.18 bits per heavy atom. The van der Waals surface area contributed by atoms with Gasteiger partial charge in [-0.1, -0.05) is 48.9 Å². The van der Waals surface area contributed by atoms with Gasteiger partial charge in [-0.15, -0.1) is 11.8 Å². The molecule has 1 spiro atoms. The number of carbonyl (C=O) groups excluding carboxylic acids is 2. The molecule has 2 aromatic carbocycles. The Hall–Kier alpha value is -1.98. The zero-order chi connectivity index (χ0) is 20.1. The molecule has 1 saturated heterocycles. The largest absolute Gasteiger partial charge is 0.314 e. The standard InChI is InChI=1S/C22H23ClN2O2S/c1-4-19(26)25-14-21(2,3)28-22(25)17-12-16(23)10-11-18(17)24(20(22)27)13-15-8-6-5-7-9-15/h5-12H,4,13-14H2,1-3H3. The first-order valence-electron chi connectivity index (χ1n) is 9.45. The first-order chi connectivity index (χ1) is 13.3. The number of benzene rings is 2. The summed E-state index contributed by atoms with van der Waals surface area (Å²) in [5.41, 5.74) is 2.69. The summed E-state index contributed by atoms with van der Waals surface area (Å²) in [6, 6.07) is 15.5. The van der Waals surface area contributed by atoms with Crippen LogP contribution in [-0.2, 0) is 21.0 Å². The molecule has 6 heteroatoms. The van der Waals surface area contributed by atoms with E-state index in [1.54, 1.807) is 27.6 Å². The van der Waals surface area contributed by atoms with Gasteiger partial charge in [0.05, 0.1) is 12.2 Å². The molecule has 2 heterocycles. The lowest BCUT2D eigenvalue weighted by molar-refractivity contribution is -0.140. The number of hydrogen-bond acceptors (Lipinski definition) is 3. The average molecular weight is 415 g/mol. The van der Waals surface area contributed by atoms with E-state index < -0.39 is 4.87 Å². The zero-order valence-electron chi connectivity index (χ0n) is 16.2. The van der Waals surface area contributed by atoms with Gasteiger partial charge in [0.2, 0.25) is 5.91 Å². The minimum Gasteiger partial charge on any atom is -0.314 e. The summed E-state index contributed by atoms with van der Waals surface area (Å²) in [6.45, 7) is 7.00. The second kappa shape index (κ2) is 6.82. The van der Waals surface area contributed by atoms with Crippen LogP contribution < -0.4 is 4.90 Å². The Morgan fingerprint density at radius 2 is 1.89 bits per heavy atom. The molecule has 0 aromatic heterocycles. The molecule has 2 aliphatic heterocycles. The number of amides is 2. The first kappa shape index (κ1) is 19.3. The predicted octanol–water partition coefficient (Wildman–Crippen LogP) is 4.80. The molecule has 0 radical (unpaired) electrons. The highest BCUT2D eigenvalue weighted by Crippen LogP contribution is 2.60. The van der Waals surface area contributed by atoms with Crippen molar-refractivity contribution in [3.05, 3.63) is 64.7 Å². The molecule has 2 amide bonds. The van der Waals surface area contributed by atoms with Gasteiger partial charge in [0.25, 0.3) is 5.91 Å². The Labute approximate surface area is 174 Å². The third-order valence-corrected chi connectivity index (χ3v) is 7.11. The first-order valence-corrected chi connectivity index (χ1v) is 10.6. The van der Waals surface area contributed by atoms with Crippen LogP contribution in [0.1, 0.15) is 38.3 Å². The van der Waals surface area contributed by atoms with Crippen molar-refractivity contribution in [1.29, 1.82) is 0 Å². The molecule has 146 valence electrons. The van der Waals surface area contributed by atoms with Gasteiger partial charge in [-0.3, -0.25) is 9.59 Å². The number of fused-ring (bicyclic) bond motifs is 2. The summed E-state index contributed by atoms with van der Waals surface area (Å²) in [4.78, 5) is 29.3. The third-order valence-electron chi connectivity index (χ3n) is 5.28. The van der Waals surface area contributed by atoms with Crippen LogP contribution in [0.5, 0.6) is 0 Å². The lowest BCUT2D eigenvalue weighted by Crippen LogP contribution is -2.50. The van der Waals surface area contributed by atoms with Crippen molar-refractivity contribution in [3.63, 3.8) is 0 Å². The molecule has 2 aliphatic rings. The summed E-state index contributed by atoms with van der Waals surface area (Å²) >= 11 is 7.89. The minimum atomic E-state index is -1.05. The van der Waals surface area contributed by atoms with Crippen LogP contribution in [0.15, 0.2) is 48.5 Å². The van der Waals surface area contributed by atoms with E-state index in [1.807, 2.05) is 49.4 Å². The van der Waals surface area contributed by atoms with Crippen molar-refractivity contribution < 1.29 is 9.59 Å². The fraction of sp³-hybridized carbons (Fsp3) is 0.364. The number of hydrogen-bond donors (Lipinski definition) is 0. The van der Waals surface area contributed by atoms with Crippen molar-refractivity contribution in [3.8, 4) is 0 Å². The quantitative estimate of drug-likeness (QED) is 0.724. The fourth-order valence-corrected chi connectivity index (χ4v) is 6.05. The maximum Gasteiger partial charge on any atom is 0.268 e. The van der Waals surface area contributed by atoms with Crippen LogP contribution in [0.3, 0.4) is 0 Å². The number of anilines is 1. The van der Waals surface area contributed by atoms with E-state index in [9.17, 15) is 9.59 Å². The molecule has 0 N–H and O–H groups in total. The van der Waals surface area contributed by atoms with E-state index >= 15 is 0 Å². The van der Waals surface area contributed by atoms with Crippen molar-refractivity contribution in [2.24, 2.45) is 0 Å². The normalized spacial score (nSPS) is 22.8. The molecule has 1 unspecified atom stereocenters. The Bertz CT molecular complexity index is 947. The van der Waals surface area contributed by atoms with Gasteiger partial charge >= 0.3 is 0 Å². The Balaban J connectivity index is 1.87. The number of halogens is 1. The molecule has 4 rings (SSSR count). The molecule has 28 heavy (non-hydrogen) atoms. The van der Waals surface area contributed by atoms with Crippen LogP contribution in [0, 0.1) is 0 Å². The molecular weight excluding hydrogens is 392 g/mol. The van der Waals surface area contributed by atoms with Crippen LogP contribution >= 0.6 is 23.4 Å². The SMILES string of the molecule is CCC(=O)N1CC(C)(C)SC12C(=O)N(Cc1ccccc1)c1ccc(Cl)cc12. The highest BCUT2D eigenvalue weighted by molar-refractivity contribution is 8.02.